The predicted octanol–water partition coefficient (Wildman–Crippen LogP) is -1.44. The maximum absolute atomic E-state index is 10.0. The van der Waals surface area contributed by atoms with Gasteiger partial charge in [-0.15, -0.1) is 0 Å². The van der Waals surface area contributed by atoms with Crippen molar-refractivity contribution in [3.8, 4) is 0 Å². The lowest BCUT2D eigenvalue weighted by Crippen LogP contribution is -2.42. The van der Waals surface area contributed by atoms with Gasteiger partial charge in [0.05, 0.1) is 19.8 Å². The Morgan fingerprint density at radius 2 is 2.17 bits per heavy atom. The lowest BCUT2D eigenvalue weighted by Gasteiger charge is -2.27. The van der Waals surface area contributed by atoms with E-state index in [4.69, 9.17) is 10.6 Å². The smallest absolute Gasteiger partial charge is 0.327 e. The van der Waals surface area contributed by atoms with Crippen LogP contribution in [0.15, 0.2) is 0 Å². The van der Waals surface area contributed by atoms with Gasteiger partial charge < -0.3 is 4.74 Å². The molecule has 1 fully saturated rings. The van der Waals surface area contributed by atoms with E-state index in [0.717, 1.165) is 37.9 Å². The van der Waals surface area contributed by atoms with E-state index < -0.39 is 0 Å². The Kier molecular flexibility index (Phi) is 3.99. The van der Waals surface area contributed by atoms with Crippen molar-refractivity contribution in [1.29, 1.82) is 0 Å². The first kappa shape index (κ1) is 9.44. The van der Waals surface area contributed by atoms with E-state index in [1.807, 2.05) is 0 Å². The molecule has 0 aromatic carbocycles. The minimum atomic E-state index is 0.531. The average Bonchev–Trinajstić information content (AvgIpc) is 2.16. The summed E-state index contributed by atoms with van der Waals surface area (Å²) >= 11 is 0. The van der Waals surface area contributed by atoms with Crippen LogP contribution in [0, 0.1) is 0 Å². The van der Waals surface area contributed by atoms with Gasteiger partial charge in [-0.2, -0.15) is 0 Å². The molecular formula is C7H14N3O2. The van der Waals surface area contributed by atoms with Crippen molar-refractivity contribution in [1.82, 2.24) is 9.91 Å². The molecule has 0 aliphatic carbocycles. The molecule has 1 heterocycles. The minimum Gasteiger partial charge on any atom is -0.379 e. The summed E-state index contributed by atoms with van der Waals surface area (Å²) in [5, 5.41) is 1.04. The van der Waals surface area contributed by atoms with Crippen molar-refractivity contribution < 1.29 is 9.53 Å². The predicted molar refractivity (Wildman–Crippen MR) is 43.8 cm³/mol. The number of hydrazine groups is 1. The van der Waals surface area contributed by atoms with Gasteiger partial charge in [-0.05, 0) is 0 Å². The summed E-state index contributed by atoms with van der Waals surface area (Å²) in [5.41, 5.74) is 0. The van der Waals surface area contributed by atoms with Gasteiger partial charge in [-0.25, -0.2) is 5.84 Å². The number of nitrogens with zero attached hydrogens (tertiary/aromatic N) is 2. The summed E-state index contributed by atoms with van der Waals surface area (Å²) in [6, 6.07) is 0. The van der Waals surface area contributed by atoms with E-state index >= 15 is 0 Å². The number of nitrogens with two attached hydrogens (primary N) is 1. The second-order valence-electron chi connectivity index (χ2n) is 2.74. The zero-order chi connectivity index (χ0) is 8.81. The van der Waals surface area contributed by atoms with E-state index in [0.29, 0.717) is 6.54 Å². The van der Waals surface area contributed by atoms with Gasteiger partial charge in [-0.3, -0.25) is 14.7 Å². The third kappa shape index (κ3) is 3.17. The van der Waals surface area contributed by atoms with Gasteiger partial charge in [0.15, 0.2) is 0 Å². The van der Waals surface area contributed by atoms with Crippen molar-refractivity contribution in [3.63, 3.8) is 0 Å². The Labute approximate surface area is 72.0 Å². The van der Waals surface area contributed by atoms with Crippen molar-refractivity contribution in [2.75, 3.05) is 39.4 Å². The number of hydrogen-bond acceptors (Lipinski definition) is 4. The molecule has 2 N–H and O–H groups in total. The summed E-state index contributed by atoms with van der Waals surface area (Å²) in [6.45, 7) is 4.72. The fraction of sp³-hybridized carbons (Fsp3) is 0.857. The highest BCUT2D eigenvalue weighted by molar-refractivity contribution is 5.46. The molecule has 1 rings (SSSR count). The highest BCUT2D eigenvalue weighted by atomic mass is 16.5. The first-order valence-corrected chi connectivity index (χ1v) is 4.03. The molecule has 1 aliphatic rings. The van der Waals surface area contributed by atoms with Crippen LogP contribution in [-0.2, 0) is 9.53 Å². The molecule has 0 aromatic rings. The maximum Gasteiger partial charge on any atom is 0.327 e. The Bertz CT molecular complexity index is 137. The van der Waals surface area contributed by atoms with Crippen molar-refractivity contribution >= 4 is 6.41 Å². The number of ether oxygens (including phenoxy) is 1. The monoisotopic (exact) mass is 172 g/mol. The van der Waals surface area contributed by atoms with E-state index in [1.54, 1.807) is 6.41 Å². The van der Waals surface area contributed by atoms with Crippen molar-refractivity contribution in [2.45, 2.75) is 0 Å². The first-order valence-electron chi connectivity index (χ1n) is 4.03. The third-order valence-corrected chi connectivity index (χ3v) is 1.88. The number of hydrogen-bond donors (Lipinski definition) is 1. The van der Waals surface area contributed by atoms with Crippen LogP contribution in [0.5, 0.6) is 0 Å². The molecular weight excluding hydrogens is 158 g/mol. The average molecular weight is 172 g/mol. The fourth-order valence-electron chi connectivity index (χ4n) is 1.12. The standard InChI is InChI=1S/C7H14N3O2/c8-10(7-11)2-1-9-3-5-12-6-4-9/h1-6,8H2. The minimum absolute atomic E-state index is 0.531. The van der Waals surface area contributed by atoms with Crippen LogP contribution >= 0.6 is 0 Å². The largest absolute Gasteiger partial charge is 0.379 e. The Morgan fingerprint density at radius 3 is 2.75 bits per heavy atom. The number of rotatable bonds is 4. The fourth-order valence-corrected chi connectivity index (χ4v) is 1.12. The molecule has 5 heteroatoms. The second kappa shape index (κ2) is 5.08. The second-order valence-corrected chi connectivity index (χ2v) is 2.74. The van der Waals surface area contributed by atoms with Gasteiger partial charge in [0.25, 0.3) is 0 Å². The Hall–Kier alpha value is -0.650. The lowest BCUT2D eigenvalue weighted by molar-refractivity contribution is 0.0358. The van der Waals surface area contributed by atoms with E-state index in [2.05, 4.69) is 4.90 Å². The molecule has 0 spiro atoms. The van der Waals surface area contributed by atoms with Crippen molar-refractivity contribution in [3.05, 3.63) is 0 Å². The topological polar surface area (TPSA) is 58.8 Å². The van der Waals surface area contributed by atoms with Crippen LogP contribution in [0.2, 0.25) is 0 Å². The molecule has 1 aliphatic heterocycles. The molecule has 12 heavy (non-hydrogen) atoms. The van der Waals surface area contributed by atoms with Crippen LogP contribution in [0.3, 0.4) is 0 Å². The van der Waals surface area contributed by atoms with Crippen LogP contribution in [-0.4, -0.2) is 55.7 Å². The SMILES string of the molecule is NN([C]=O)CCN1CCOCC1. The summed E-state index contributed by atoms with van der Waals surface area (Å²) < 4.78 is 5.17. The van der Waals surface area contributed by atoms with Crippen molar-refractivity contribution in [2.24, 2.45) is 5.84 Å². The highest BCUT2D eigenvalue weighted by Crippen LogP contribution is 1.95. The van der Waals surface area contributed by atoms with Crippen LogP contribution in [0.4, 0.5) is 0 Å². The molecule has 0 atom stereocenters. The summed E-state index contributed by atoms with van der Waals surface area (Å²) in [5.74, 6) is 5.24. The van der Waals surface area contributed by atoms with Gasteiger partial charge in [0.2, 0.25) is 0 Å². The zero-order valence-corrected chi connectivity index (χ0v) is 7.03. The van der Waals surface area contributed by atoms with E-state index in [-0.39, 0.29) is 0 Å². The molecule has 0 bridgehead atoms. The molecule has 1 saturated heterocycles. The Balaban J connectivity index is 2.08. The van der Waals surface area contributed by atoms with Gasteiger partial charge in [0.1, 0.15) is 0 Å². The Morgan fingerprint density at radius 1 is 1.50 bits per heavy atom. The molecule has 5 nitrogen and oxygen atoms in total. The van der Waals surface area contributed by atoms with Gasteiger partial charge >= 0.3 is 6.41 Å². The molecule has 1 radical (unpaired) electrons. The van der Waals surface area contributed by atoms with Gasteiger partial charge in [-0.1, -0.05) is 0 Å². The first-order chi connectivity index (χ1) is 5.83. The summed E-state index contributed by atoms with van der Waals surface area (Å²) in [7, 11) is 0. The number of morpholine rings is 1. The zero-order valence-electron chi connectivity index (χ0n) is 7.03. The third-order valence-electron chi connectivity index (χ3n) is 1.88. The molecule has 0 saturated carbocycles. The quantitative estimate of drug-likeness (QED) is 0.244. The van der Waals surface area contributed by atoms with Crippen LogP contribution < -0.4 is 5.84 Å². The number of carbonyl (C=O) groups excluding carboxylic acids is 1. The normalized spacial score (nSPS) is 19.1. The molecule has 1 amide bonds. The summed E-state index contributed by atoms with van der Waals surface area (Å²) in [4.78, 5) is 12.2. The molecule has 0 unspecified atom stereocenters. The summed E-state index contributed by atoms with van der Waals surface area (Å²) in [6.07, 6.45) is 1.61. The van der Waals surface area contributed by atoms with E-state index in [1.165, 1.54) is 0 Å². The van der Waals surface area contributed by atoms with Crippen LogP contribution in [0.1, 0.15) is 0 Å². The highest BCUT2D eigenvalue weighted by Gasteiger charge is 2.10. The van der Waals surface area contributed by atoms with Gasteiger partial charge in [0, 0.05) is 19.6 Å². The maximum atomic E-state index is 10.0. The molecule has 69 valence electrons. The number of amides is 1. The lowest BCUT2D eigenvalue weighted by atomic mass is 10.4. The molecule has 0 aromatic heterocycles. The van der Waals surface area contributed by atoms with Crippen LogP contribution in [0.25, 0.3) is 0 Å². The van der Waals surface area contributed by atoms with E-state index in [9.17, 15) is 4.79 Å².